The summed E-state index contributed by atoms with van der Waals surface area (Å²) in [6.45, 7) is -0.323. The van der Waals surface area contributed by atoms with Gasteiger partial charge in [-0.05, 0) is 24.3 Å². The maximum Gasteiger partial charge on any atom is 0.277 e. The summed E-state index contributed by atoms with van der Waals surface area (Å²) in [6.07, 6.45) is 1.10. The molecule has 0 aromatic heterocycles. The molecule has 0 radical (unpaired) electrons. The largest absolute Gasteiger partial charge is 0.507 e. The van der Waals surface area contributed by atoms with Crippen molar-refractivity contribution >= 4 is 33.7 Å². The SMILES string of the molecule is COc1cc(Br)ccc1OCC(=O)N/N=C\c1cc([N+](=O)[O-])ccc1O. The lowest BCUT2D eigenvalue weighted by Gasteiger charge is -2.10. The van der Waals surface area contributed by atoms with Gasteiger partial charge in [-0.25, -0.2) is 5.43 Å². The molecule has 2 N–H and O–H groups in total. The highest BCUT2D eigenvalue weighted by Crippen LogP contribution is 2.30. The van der Waals surface area contributed by atoms with E-state index in [2.05, 4.69) is 26.5 Å². The number of hydrogen-bond acceptors (Lipinski definition) is 7. The van der Waals surface area contributed by atoms with Gasteiger partial charge in [-0.3, -0.25) is 14.9 Å². The molecule has 1 amide bonds. The Morgan fingerprint density at radius 2 is 2.12 bits per heavy atom. The van der Waals surface area contributed by atoms with Crippen molar-refractivity contribution in [2.75, 3.05) is 13.7 Å². The average Bonchev–Trinajstić information content (AvgIpc) is 2.61. The molecule has 0 atom stereocenters. The van der Waals surface area contributed by atoms with Crippen molar-refractivity contribution in [3.63, 3.8) is 0 Å². The number of nitrogens with one attached hydrogen (secondary N) is 1. The van der Waals surface area contributed by atoms with Crippen LogP contribution in [0.1, 0.15) is 5.56 Å². The Morgan fingerprint density at radius 3 is 2.81 bits per heavy atom. The first-order chi connectivity index (χ1) is 12.4. The normalized spacial score (nSPS) is 10.5. The second-order valence-corrected chi connectivity index (χ2v) is 5.79. The first-order valence-corrected chi connectivity index (χ1v) is 7.95. The molecular formula is C16H14BrN3O6. The van der Waals surface area contributed by atoms with Crippen LogP contribution in [0.15, 0.2) is 46.0 Å². The van der Waals surface area contributed by atoms with Crippen molar-refractivity contribution in [1.82, 2.24) is 5.43 Å². The Bertz CT molecular complexity index is 856. The van der Waals surface area contributed by atoms with Gasteiger partial charge in [0.15, 0.2) is 18.1 Å². The third-order valence-electron chi connectivity index (χ3n) is 3.10. The molecule has 136 valence electrons. The number of carbonyl (C=O) groups is 1. The highest BCUT2D eigenvalue weighted by atomic mass is 79.9. The summed E-state index contributed by atoms with van der Waals surface area (Å²) in [6, 6.07) is 8.53. The monoisotopic (exact) mass is 423 g/mol. The molecule has 9 nitrogen and oxygen atoms in total. The quantitative estimate of drug-likeness (QED) is 0.400. The zero-order chi connectivity index (χ0) is 19.1. The minimum absolute atomic E-state index is 0.0926. The number of rotatable bonds is 7. The van der Waals surface area contributed by atoms with Crippen molar-refractivity contribution in [3.05, 3.63) is 56.5 Å². The number of hydrogen-bond donors (Lipinski definition) is 2. The Balaban J connectivity index is 1.94. The van der Waals surface area contributed by atoms with Gasteiger partial charge in [0, 0.05) is 22.2 Å². The molecule has 0 bridgehead atoms. The number of benzene rings is 2. The molecule has 2 aromatic rings. The number of carbonyl (C=O) groups excluding carboxylic acids is 1. The number of aromatic hydroxyl groups is 1. The van der Waals surface area contributed by atoms with Gasteiger partial charge in [-0.1, -0.05) is 15.9 Å². The lowest BCUT2D eigenvalue weighted by molar-refractivity contribution is -0.384. The van der Waals surface area contributed by atoms with Crippen LogP contribution in [0.4, 0.5) is 5.69 Å². The number of hydrazone groups is 1. The highest BCUT2D eigenvalue weighted by molar-refractivity contribution is 9.10. The smallest absolute Gasteiger partial charge is 0.277 e. The van der Waals surface area contributed by atoms with E-state index in [1.165, 1.54) is 13.2 Å². The minimum Gasteiger partial charge on any atom is -0.507 e. The second-order valence-electron chi connectivity index (χ2n) is 4.88. The number of phenolic OH excluding ortho intramolecular Hbond substituents is 1. The molecule has 0 fully saturated rings. The fourth-order valence-electron chi connectivity index (χ4n) is 1.87. The minimum atomic E-state index is -0.602. The predicted molar refractivity (Wildman–Crippen MR) is 96.7 cm³/mol. The molecule has 2 aromatic carbocycles. The zero-order valence-corrected chi connectivity index (χ0v) is 15.1. The standard InChI is InChI=1S/C16H14BrN3O6/c1-25-15-7-11(17)2-5-14(15)26-9-16(22)19-18-8-10-6-12(20(23)24)3-4-13(10)21/h2-8,21H,9H2,1H3,(H,19,22)/b18-8-. The number of nitro groups is 1. The summed E-state index contributed by atoms with van der Waals surface area (Å²) < 4.78 is 11.3. The molecule has 0 unspecified atom stereocenters. The van der Waals surface area contributed by atoms with Crippen molar-refractivity contribution in [1.29, 1.82) is 0 Å². The number of halogens is 1. The Hall–Kier alpha value is -3.14. The van der Waals surface area contributed by atoms with Gasteiger partial charge in [0.2, 0.25) is 0 Å². The first kappa shape index (κ1) is 19.2. The van der Waals surface area contributed by atoms with E-state index in [-0.39, 0.29) is 23.6 Å². The molecule has 10 heteroatoms. The van der Waals surface area contributed by atoms with Crippen LogP contribution >= 0.6 is 15.9 Å². The van der Waals surface area contributed by atoms with Gasteiger partial charge in [0.1, 0.15) is 5.75 Å². The van der Waals surface area contributed by atoms with Gasteiger partial charge in [-0.2, -0.15) is 5.10 Å². The van der Waals surface area contributed by atoms with Crippen LogP contribution in [0.25, 0.3) is 0 Å². The summed E-state index contributed by atoms with van der Waals surface area (Å²) in [7, 11) is 1.48. The van der Waals surface area contributed by atoms with Crippen LogP contribution in [-0.2, 0) is 4.79 Å². The molecule has 26 heavy (non-hydrogen) atoms. The van der Waals surface area contributed by atoms with E-state index in [4.69, 9.17) is 9.47 Å². The zero-order valence-electron chi connectivity index (χ0n) is 13.5. The van der Waals surface area contributed by atoms with E-state index in [9.17, 15) is 20.0 Å². The molecule has 0 spiro atoms. The van der Waals surface area contributed by atoms with Gasteiger partial charge >= 0.3 is 0 Å². The topological polar surface area (TPSA) is 123 Å². The molecule has 0 aliphatic heterocycles. The molecule has 0 heterocycles. The number of nitrogens with zero attached hydrogens (tertiary/aromatic N) is 2. The van der Waals surface area contributed by atoms with Gasteiger partial charge in [0.25, 0.3) is 11.6 Å². The number of phenols is 1. The van der Waals surface area contributed by atoms with Crippen LogP contribution in [0, 0.1) is 10.1 Å². The lowest BCUT2D eigenvalue weighted by Crippen LogP contribution is -2.24. The number of methoxy groups -OCH3 is 1. The molecule has 2 rings (SSSR count). The number of nitro benzene ring substituents is 1. The van der Waals surface area contributed by atoms with E-state index in [0.717, 1.165) is 22.8 Å². The van der Waals surface area contributed by atoms with E-state index in [1.54, 1.807) is 18.2 Å². The fraction of sp³-hybridized carbons (Fsp3) is 0.125. The van der Waals surface area contributed by atoms with E-state index < -0.39 is 10.8 Å². The maximum absolute atomic E-state index is 11.8. The van der Waals surface area contributed by atoms with Gasteiger partial charge in [-0.15, -0.1) is 0 Å². The first-order valence-electron chi connectivity index (χ1n) is 7.16. The van der Waals surface area contributed by atoms with Crippen LogP contribution in [-0.4, -0.2) is 35.9 Å². The third kappa shape index (κ3) is 5.18. The van der Waals surface area contributed by atoms with Crippen LogP contribution in [0.5, 0.6) is 17.2 Å². The summed E-state index contributed by atoms with van der Waals surface area (Å²) in [5.41, 5.74) is 2.09. The summed E-state index contributed by atoms with van der Waals surface area (Å²) >= 11 is 3.30. The summed E-state index contributed by atoms with van der Waals surface area (Å²) in [4.78, 5) is 21.9. The second kappa shape index (κ2) is 8.81. The lowest BCUT2D eigenvalue weighted by atomic mass is 10.2. The van der Waals surface area contributed by atoms with Gasteiger partial charge in [0.05, 0.1) is 18.2 Å². The van der Waals surface area contributed by atoms with E-state index >= 15 is 0 Å². The summed E-state index contributed by atoms with van der Waals surface area (Å²) in [5, 5.41) is 24.0. The Morgan fingerprint density at radius 1 is 1.35 bits per heavy atom. The molecular weight excluding hydrogens is 410 g/mol. The number of ether oxygens (including phenoxy) is 2. The number of non-ortho nitro benzene ring substituents is 1. The Labute approximate surface area is 156 Å². The predicted octanol–water partition coefficient (Wildman–Crippen LogP) is 2.60. The van der Waals surface area contributed by atoms with Crippen molar-refractivity contribution in [3.8, 4) is 17.2 Å². The Kier molecular flexibility index (Phi) is 6.50. The van der Waals surface area contributed by atoms with E-state index in [1.807, 2.05) is 0 Å². The van der Waals surface area contributed by atoms with E-state index in [0.29, 0.717) is 11.5 Å². The molecule has 0 saturated heterocycles. The highest BCUT2D eigenvalue weighted by Gasteiger charge is 2.10. The number of amides is 1. The molecule has 0 aliphatic carbocycles. The van der Waals surface area contributed by atoms with Crippen LogP contribution in [0.3, 0.4) is 0 Å². The summed E-state index contributed by atoms with van der Waals surface area (Å²) in [5.74, 6) is 0.0731. The van der Waals surface area contributed by atoms with Crippen LogP contribution in [0.2, 0.25) is 0 Å². The fourth-order valence-corrected chi connectivity index (χ4v) is 2.21. The van der Waals surface area contributed by atoms with Crippen molar-refractivity contribution in [2.45, 2.75) is 0 Å². The van der Waals surface area contributed by atoms with Crippen molar-refractivity contribution in [2.24, 2.45) is 5.10 Å². The third-order valence-corrected chi connectivity index (χ3v) is 3.59. The maximum atomic E-state index is 11.8. The molecule has 0 aliphatic rings. The van der Waals surface area contributed by atoms with Crippen molar-refractivity contribution < 1.29 is 24.3 Å². The molecule has 0 saturated carbocycles. The average molecular weight is 424 g/mol. The van der Waals surface area contributed by atoms with Crippen LogP contribution < -0.4 is 14.9 Å². The van der Waals surface area contributed by atoms with Gasteiger partial charge < -0.3 is 14.6 Å².